The molecule has 1 aliphatic carbocycles. The van der Waals surface area contributed by atoms with Gasteiger partial charge in [-0.05, 0) is 36.8 Å². The van der Waals surface area contributed by atoms with E-state index in [4.69, 9.17) is 5.11 Å². The van der Waals surface area contributed by atoms with E-state index in [1.807, 2.05) is 12.1 Å². The predicted molar refractivity (Wildman–Crippen MR) is 71.9 cm³/mol. The van der Waals surface area contributed by atoms with Crippen LogP contribution in [0.25, 0.3) is 0 Å². The van der Waals surface area contributed by atoms with Crippen molar-refractivity contribution in [1.29, 1.82) is 0 Å². The molecule has 1 amide bonds. The SMILES string of the molecule is CCc1ccc(CCC(=O)NC2(C(=O)O)CC2)cc1. The maximum absolute atomic E-state index is 11.7. The van der Waals surface area contributed by atoms with Crippen LogP contribution in [0, 0.1) is 0 Å². The lowest BCUT2D eigenvalue weighted by Gasteiger charge is -2.12. The smallest absolute Gasteiger partial charge is 0.329 e. The molecule has 0 aliphatic heterocycles. The zero-order valence-corrected chi connectivity index (χ0v) is 11.1. The number of rotatable bonds is 6. The second kappa shape index (κ2) is 5.43. The van der Waals surface area contributed by atoms with Crippen LogP contribution in [0.5, 0.6) is 0 Å². The van der Waals surface area contributed by atoms with Gasteiger partial charge < -0.3 is 10.4 Å². The Balaban J connectivity index is 1.81. The lowest BCUT2D eigenvalue weighted by molar-refractivity contribution is -0.143. The minimum absolute atomic E-state index is 0.181. The Hall–Kier alpha value is -1.84. The molecule has 1 aromatic rings. The fraction of sp³-hybridized carbons (Fsp3) is 0.467. The van der Waals surface area contributed by atoms with Crippen molar-refractivity contribution >= 4 is 11.9 Å². The summed E-state index contributed by atoms with van der Waals surface area (Å²) < 4.78 is 0. The summed E-state index contributed by atoms with van der Waals surface area (Å²) in [5.74, 6) is -1.10. The summed E-state index contributed by atoms with van der Waals surface area (Å²) >= 11 is 0. The minimum atomic E-state index is -0.969. The highest BCUT2D eigenvalue weighted by Crippen LogP contribution is 2.35. The molecule has 0 bridgehead atoms. The van der Waals surface area contributed by atoms with Crippen molar-refractivity contribution < 1.29 is 14.7 Å². The van der Waals surface area contributed by atoms with E-state index in [2.05, 4.69) is 24.4 Å². The Morgan fingerprint density at radius 2 is 1.79 bits per heavy atom. The van der Waals surface area contributed by atoms with Gasteiger partial charge in [0, 0.05) is 6.42 Å². The predicted octanol–water partition coefficient (Wildman–Crippen LogP) is 1.91. The lowest BCUT2D eigenvalue weighted by Crippen LogP contribution is -2.43. The fourth-order valence-electron chi connectivity index (χ4n) is 2.05. The fourth-order valence-corrected chi connectivity index (χ4v) is 2.05. The first-order chi connectivity index (χ1) is 9.05. The Morgan fingerprint density at radius 3 is 2.26 bits per heavy atom. The summed E-state index contributed by atoms with van der Waals surface area (Å²) in [6, 6.07) is 8.17. The molecule has 4 nitrogen and oxygen atoms in total. The molecular weight excluding hydrogens is 242 g/mol. The highest BCUT2D eigenvalue weighted by atomic mass is 16.4. The molecule has 102 valence electrons. The molecule has 19 heavy (non-hydrogen) atoms. The van der Waals surface area contributed by atoms with Crippen LogP contribution in [-0.4, -0.2) is 22.5 Å². The number of amides is 1. The van der Waals surface area contributed by atoms with Crippen molar-refractivity contribution in [1.82, 2.24) is 5.32 Å². The van der Waals surface area contributed by atoms with E-state index in [1.165, 1.54) is 5.56 Å². The minimum Gasteiger partial charge on any atom is -0.480 e. The number of carboxylic acid groups (broad SMARTS) is 1. The topological polar surface area (TPSA) is 66.4 Å². The summed E-state index contributed by atoms with van der Waals surface area (Å²) in [4.78, 5) is 22.7. The van der Waals surface area contributed by atoms with Crippen LogP contribution in [0.4, 0.5) is 0 Å². The number of carboxylic acids is 1. The van der Waals surface area contributed by atoms with Crippen molar-refractivity contribution in [3.63, 3.8) is 0 Å². The highest BCUT2D eigenvalue weighted by molar-refractivity contribution is 5.89. The van der Waals surface area contributed by atoms with Crippen LogP contribution in [-0.2, 0) is 22.4 Å². The van der Waals surface area contributed by atoms with Crippen LogP contribution in [0.15, 0.2) is 24.3 Å². The third kappa shape index (κ3) is 3.34. The van der Waals surface area contributed by atoms with E-state index < -0.39 is 11.5 Å². The van der Waals surface area contributed by atoms with Gasteiger partial charge in [0.15, 0.2) is 0 Å². The van der Waals surface area contributed by atoms with Crippen LogP contribution in [0.3, 0.4) is 0 Å². The molecule has 0 radical (unpaired) electrons. The summed E-state index contributed by atoms with van der Waals surface area (Å²) in [5, 5.41) is 11.6. The molecule has 0 unspecified atom stereocenters. The Labute approximate surface area is 112 Å². The molecular formula is C15H19NO3. The zero-order valence-electron chi connectivity index (χ0n) is 11.1. The lowest BCUT2D eigenvalue weighted by atomic mass is 10.1. The quantitative estimate of drug-likeness (QED) is 0.822. The van der Waals surface area contributed by atoms with E-state index in [1.54, 1.807) is 0 Å². The van der Waals surface area contributed by atoms with Crippen molar-refractivity contribution in [2.24, 2.45) is 0 Å². The Bertz CT molecular complexity index is 475. The van der Waals surface area contributed by atoms with Gasteiger partial charge in [0.05, 0.1) is 0 Å². The van der Waals surface area contributed by atoms with Gasteiger partial charge in [-0.1, -0.05) is 31.2 Å². The molecule has 4 heteroatoms. The van der Waals surface area contributed by atoms with Crippen LogP contribution in [0.1, 0.15) is 37.3 Å². The monoisotopic (exact) mass is 261 g/mol. The third-order valence-corrected chi connectivity index (χ3v) is 3.61. The van der Waals surface area contributed by atoms with Gasteiger partial charge in [-0.2, -0.15) is 0 Å². The van der Waals surface area contributed by atoms with Crippen molar-refractivity contribution in [2.75, 3.05) is 0 Å². The number of nitrogens with one attached hydrogen (secondary N) is 1. The first-order valence-corrected chi connectivity index (χ1v) is 6.68. The Morgan fingerprint density at radius 1 is 1.21 bits per heavy atom. The van der Waals surface area contributed by atoms with Gasteiger partial charge in [-0.3, -0.25) is 4.79 Å². The van der Waals surface area contributed by atoms with Crippen molar-refractivity contribution in [3.8, 4) is 0 Å². The van der Waals surface area contributed by atoms with Gasteiger partial charge in [0.1, 0.15) is 5.54 Å². The summed E-state index contributed by atoms with van der Waals surface area (Å²) in [5.41, 5.74) is 1.41. The molecule has 1 fully saturated rings. The van der Waals surface area contributed by atoms with Crippen LogP contribution >= 0.6 is 0 Å². The third-order valence-electron chi connectivity index (χ3n) is 3.61. The summed E-state index contributed by atoms with van der Waals surface area (Å²) in [6.45, 7) is 2.10. The number of hydrogen-bond acceptors (Lipinski definition) is 2. The zero-order chi connectivity index (χ0) is 13.9. The molecule has 0 atom stereocenters. The average Bonchev–Trinajstić information content (AvgIpc) is 3.18. The van der Waals surface area contributed by atoms with Crippen molar-refractivity contribution in [2.45, 2.75) is 44.6 Å². The van der Waals surface area contributed by atoms with Gasteiger partial charge >= 0.3 is 5.97 Å². The van der Waals surface area contributed by atoms with Gasteiger partial charge in [-0.15, -0.1) is 0 Å². The molecule has 1 saturated carbocycles. The Kier molecular flexibility index (Phi) is 3.88. The van der Waals surface area contributed by atoms with Crippen molar-refractivity contribution in [3.05, 3.63) is 35.4 Å². The first-order valence-electron chi connectivity index (χ1n) is 6.68. The standard InChI is InChI=1S/C15H19NO3/c1-2-11-3-5-12(6-4-11)7-8-13(17)16-15(9-10-15)14(18)19/h3-6H,2,7-10H2,1H3,(H,16,17)(H,18,19). The maximum Gasteiger partial charge on any atom is 0.329 e. The van der Waals surface area contributed by atoms with E-state index in [-0.39, 0.29) is 5.91 Å². The second-order valence-electron chi connectivity index (χ2n) is 5.11. The summed E-state index contributed by atoms with van der Waals surface area (Å²) in [6.07, 6.45) is 3.06. The van der Waals surface area contributed by atoms with E-state index in [0.29, 0.717) is 25.7 Å². The van der Waals surface area contributed by atoms with E-state index >= 15 is 0 Å². The molecule has 0 aromatic heterocycles. The largest absolute Gasteiger partial charge is 0.480 e. The van der Waals surface area contributed by atoms with Gasteiger partial charge in [-0.25, -0.2) is 4.79 Å². The molecule has 2 rings (SSSR count). The number of hydrogen-bond donors (Lipinski definition) is 2. The van der Waals surface area contributed by atoms with Gasteiger partial charge in [0.25, 0.3) is 0 Å². The van der Waals surface area contributed by atoms with Crippen LogP contribution < -0.4 is 5.32 Å². The average molecular weight is 261 g/mol. The second-order valence-corrected chi connectivity index (χ2v) is 5.11. The van der Waals surface area contributed by atoms with Gasteiger partial charge in [0.2, 0.25) is 5.91 Å². The maximum atomic E-state index is 11.7. The highest BCUT2D eigenvalue weighted by Gasteiger charge is 2.51. The molecule has 0 saturated heterocycles. The number of carbonyl (C=O) groups is 2. The molecule has 1 aliphatic rings. The molecule has 2 N–H and O–H groups in total. The first kappa shape index (κ1) is 13.6. The number of aryl methyl sites for hydroxylation is 2. The molecule has 1 aromatic carbocycles. The van der Waals surface area contributed by atoms with E-state index in [0.717, 1.165) is 12.0 Å². The van der Waals surface area contributed by atoms with E-state index in [9.17, 15) is 9.59 Å². The number of benzene rings is 1. The van der Waals surface area contributed by atoms with Crippen LogP contribution in [0.2, 0.25) is 0 Å². The molecule has 0 heterocycles. The summed E-state index contributed by atoms with van der Waals surface area (Å²) in [7, 11) is 0. The number of aliphatic carboxylic acids is 1. The normalized spacial score (nSPS) is 15.8. The molecule has 0 spiro atoms. The number of carbonyl (C=O) groups excluding carboxylic acids is 1.